The number of carbonyl (C=O) groups excluding carboxylic acids is 8. The number of cyclic esters (lactones) is 8. The smallest absolute Gasteiger partial charge is 0.312 e. The Balaban J connectivity index is 0.0000000763. The predicted molar refractivity (Wildman–Crippen MR) is 477 cm³/mol. The molecule has 0 amide bonds. The van der Waals surface area contributed by atoms with Gasteiger partial charge >= 0.3 is 47.8 Å². The van der Waals surface area contributed by atoms with E-state index in [1.54, 1.807) is 0 Å². The molecule has 0 N–H and O–H groups in total. The molecule has 34 fully saturated rings. The molecule has 26 saturated carbocycles. The van der Waals surface area contributed by atoms with E-state index in [9.17, 15) is 38.4 Å². The Kier molecular flexibility index (Phi) is 19.0. The number of ether oxygens (including phenoxy) is 8. The van der Waals surface area contributed by atoms with Gasteiger partial charge in [-0.1, -0.05) is 62.3 Å². The van der Waals surface area contributed by atoms with Crippen molar-refractivity contribution in [1.82, 2.24) is 0 Å². The molecule has 129 heavy (non-hydrogen) atoms. The molecule has 706 valence electrons. The topological polar surface area (TPSA) is 210 Å². The molecule has 0 aromatic carbocycles. The molecule has 54 atom stereocenters. The Morgan fingerprint density at radius 1 is 0.240 bits per heavy atom. The first kappa shape index (κ1) is 84.1. The van der Waals surface area contributed by atoms with Crippen molar-refractivity contribution < 1.29 is 76.3 Å². The van der Waals surface area contributed by atoms with Crippen molar-refractivity contribution in [3.63, 3.8) is 0 Å². The van der Waals surface area contributed by atoms with Crippen LogP contribution in [0.2, 0.25) is 0 Å². The number of hydrogen-bond acceptors (Lipinski definition) is 16. The first-order valence-electron chi connectivity index (χ1n) is 55.4. The SMILES string of the molecule is CC1C2CC(C1C)C1(CCOC1=O)C2.CC1CC2CC1C1(COC(=O)C1)C2.CC1CC2CC1C1C2C2CC1C1(CCOC1=O)C2.CC1CC2CC1C1C2C2CC1C1(COC(=O)C1)C2.CC1CC2CC1C1C3CC(C21)C1(CCOC1=O)C3.CC1CC2CC1C1C3CC(C21)C1(COC(=O)C1)C3.CC1CC2CC1C1C3CC(C4COC(=O)C43)C21.CC1CC2CC1CC21COC(=O)C1. The lowest BCUT2D eigenvalue weighted by molar-refractivity contribution is -0.152. The summed E-state index contributed by atoms with van der Waals surface area (Å²) in [5.41, 5.74) is 1.06. The minimum atomic E-state index is -0.0450. The molecule has 54 unspecified atom stereocenters. The lowest BCUT2D eigenvalue weighted by atomic mass is 9.59. The van der Waals surface area contributed by atoms with Crippen LogP contribution < -0.4 is 0 Å². The summed E-state index contributed by atoms with van der Waals surface area (Å²) in [6, 6.07) is 0. The van der Waals surface area contributed by atoms with Gasteiger partial charge in [0.25, 0.3) is 0 Å². The van der Waals surface area contributed by atoms with Crippen LogP contribution in [-0.2, 0) is 76.3 Å². The van der Waals surface area contributed by atoms with Crippen molar-refractivity contribution in [3.05, 3.63) is 0 Å². The Bertz CT molecular complexity index is 4610. The molecular weight excluding hydrogens is 1610 g/mol. The van der Waals surface area contributed by atoms with Crippen LogP contribution in [0.25, 0.3) is 0 Å². The molecular formula is C113H158O16. The Morgan fingerprint density at radius 3 is 1.08 bits per heavy atom. The number of fused-ring (bicyclic) bond motifs is 61. The first-order valence-corrected chi connectivity index (χ1v) is 55.4. The molecule has 7 spiro atoms. The molecule has 34 aliphatic rings. The number of rotatable bonds is 0. The molecule has 0 aromatic heterocycles. The highest BCUT2D eigenvalue weighted by atomic mass is 16.6. The van der Waals surface area contributed by atoms with Gasteiger partial charge < -0.3 is 37.9 Å². The van der Waals surface area contributed by atoms with Crippen LogP contribution >= 0.6 is 0 Å². The fraction of sp³-hybridized carbons (Fsp3) is 0.929. The Morgan fingerprint density at radius 2 is 0.628 bits per heavy atom. The molecule has 0 radical (unpaired) electrons. The van der Waals surface area contributed by atoms with Crippen LogP contribution in [0.3, 0.4) is 0 Å². The van der Waals surface area contributed by atoms with Gasteiger partial charge in [-0.2, -0.15) is 0 Å². The van der Waals surface area contributed by atoms with E-state index in [0.29, 0.717) is 68.2 Å². The summed E-state index contributed by atoms with van der Waals surface area (Å²) in [6.45, 7) is 27.4. The zero-order valence-electron chi connectivity index (χ0n) is 79.9. The van der Waals surface area contributed by atoms with E-state index < -0.39 is 0 Å². The number of esters is 8. The molecule has 26 bridgehead atoms. The molecule has 0 aromatic rings. The second kappa shape index (κ2) is 29.2. The molecule has 8 aliphatic heterocycles. The maximum Gasteiger partial charge on any atom is 0.312 e. The van der Waals surface area contributed by atoms with E-state index in [0.717, 1.165) is 314 Å². The van der Waals surface area contributed by atoms with Gasteiger partial charge in [-0.3, -0.25) is 38.4 Å². The monoisotopic (exact) mass is 1770 g/mol. The highest BCUT2D eigenvalue weighted by Crippen LogP contribution is 2.81. The van der Waals surface area contributed by atoms with Crippen LogP contribution in [0, 0.1) is 316 Å². The zero-order valence-corrected chi connectivity index (χ0v) is 79.9. The van der Waals surface area contributed by atoms with Crippen molar-refractivity contribution >= 4 is 47.8 Å². The number of hydrogen-bond donors (Lipinski definition) is 0. The van der Waals surface area contributed by atoms with Crippen LogP contribution in [0.5, 0.6) is 0 Å². The van der Waals surface area contributed by atoms with E-state index in [2.05, 4.69) is 62.3 Å². The quantitative estimate of drug-likeness (QED) is 0.125. The third kappa shape index (κ3) is 11.7. The second-order valence-electron chi connectivity index (χ2n) is 55.4. The van der Waals surface area contributed by atoms with Crippen molar-refractivity contribution in [2.45, 2.75) is 281 Å². The average Bonchev–Trinajstić information content (AvgIpc) is 1.55. The summed E-state index contributed by atoms with van der Waals surface area (Å²) in [5.74, 6) is 42.4. The second-order valence-corrected chi connectivity index (χ2v) is 55.4. The summed E-state index contributed by atoms with van der Waals surface area (Å²) in [7, 11) is 0. The average molecular weight is 1770 g/mol. The highest BCUT2D eigenvalue weighted by molar-refractivity contribution is 5.82. The third-order valence-electron chi connectivity index (χ3n) is 51.6. The normalized spacial score (nSPS) is 61.1. The largest absolute Gasteiger partial charge is 0.465 e. The van der Waals surface area contributed by atoms with Crippen molar-refractivity contribution in [2.24, 2.45) is 316 Å². The van der Waals surface area contributed by atoms with E-state index >= 15 is 0 Å². The first-order chi connectivity index (χ1) is 62.1. The molecule has 26 aliphatic carbocycles. The fourth-order valence-electron chi connectivity index (χ4n) is 48.0. The van der Waals surface area contributed by atoms with Gasteiger partial charge in [0, 0.05) is 27.6 Å². The van der Waals surface area contributed by atoms with Crippen molar-refractivity contribution in [1.29, 1.82) is 0 Å². The van der Waals surface area contributed by atoms with E-state index in [1.165, 1.54) is 167 Å². The zero-order chi connectivity index (χ0) is 87.6. The van der Waals surface area contributed by atoms with E-state index in [4.69, 9.17) is 37.9 Å². The van der Waals surface area contributed by atoms with Crippen molar-refractivity contribution in [2.75, 3.05) is 52.9 Å². The Hall–Kier alpha value is -4.24. The van der Waals surface area contributed by atoms with Gasteiger partial charge in [-0.15, -0.1) is 0 Å². The summed E-state index contributed by atoms with van der Waals surface area (Å²) < 4.78 is 42.3. The minimum absolute atomic E-state index is 0.0143. The van der Waals surface area contributed by atoms with Crippen LogP contribution in [0.15, 0.2) is 0 Å². The van der Waals surface area contributed by atoms with Crippen LogP contribution in [0.4, 0.5) is 0 Å². The molecule has 16 nitrogen and oxygen atoms in total. The lowest BCUT2D eigenvalue weighted by Crippen LogP contribution is -2.43. The van der Waals surface area contributed by atoms with Crippen LogP contribution in [-0.4, -0.2) is 101 Å². The lowest BCUT2D eigenvalue weighted by Gasteiger charge is -2.44. The summed E-state index contributed by atoms with van der Waals surface area (Å²) in [4.78, 5) is 93.6. The maximum atomic E-state index is 12.2. The van der Waals surface area contributed by atoms with Gasteiger partial charge in [0.2, 0.25) is 0 Å². The molecule has 8 saturated heterocycles. The standard InChI is InChI=1S/4C16H22O2.C15H20O2.C12H18O2.2C11H16O2/c1-8-2-9-3-11(8)14-10-4-12(15(9)14)16(5-10)6-13(17)18-7-16;1-8-2-9-3-11(8)15-12-4-10(14(9)15)5-16(12)6-13(17)18-7-16;1-8-4-9-5-11(8)13-10-6-12(14(9)13)16(7-10)2-3-18-15(16)17;1-8-4-9-5-11(8)14-12-6-10(13(9)14)7-16(12)2-3-18-15(16)17;1-6-2-7-3-8(6)13-10-4-9(12(7)13)11-5-17-15(16)14(10)11;1-7-8(2)10-5-9(7)6-12(10)3-4-14-11(12)13;1-7-2-9-3-8(7)4-11(9)5-10(12)13-6-11;1-7-2-8-3-9(7)11(4-8)5-10(12)13-6-11/h2*8-12,14-15H,2-7H2,1H3;2*8-14H,2-7H2,1H3;6-14H,2-5H2,1H3;7-10H,3-6H2,1-2H3;2*7-9H,2-6H2,1H3. The molecule has 34 rings (SSSR count). The predicted octanol–water partition coefficient (Wildman–Crippen LogP) is 20.0. The summed E-state index contributed by atoms with van der Waals surface area (Å²) in [5, 5.41) is 0. The number of carbonyl (C=O) groups is 8. The fourth-order valence-corrected chi connectivity index (χ4v) is 48.0. The van der Waals surface area contributed by atoms with Gasteiger partial charge in [0.15, 0.2) is 0 Å². The van der Waals surface area contributed by atoms with E-state index in [1.807, 2.05) is 0 Å². The molecule has 8 heterocycles. The highest BCUT2D eigenvalue weighted by Gasteiger charge is 2.77. The van der Waals surface area contributed by atoms with Crippen molar-refractivity contribution in [3.8, 4) is 0 Å². The van der Waals surface area contributed by atoms with Crippen LogP contribution in [0.1, 0.15) is 281 Å². The minimum Gasteiger partial charge on any atom is -0.465 e. The van der Waals surface area contributed by atoms with E-state index in [-0.39, 0.29) is 85.7 Å². The van der Waals surface area contributed by atoms with Gasteiger partial charge in [0.05, 0.1) is 101 Å². The van der Waals surface area contributed by atoms with Gasteiger partial charge in [-0.25, -0.2) is 0 Å². The van der Waals surface area contributed by atoms with Gasteiger partial charge in [-0.05, 0) is 459 Å². The summed E-state index contributed by atoms with van der Waals surface area (Å²) in [6.07, 6.45) is 43.0. The maximum absolute atomic E-state index is 12.2. The van der Waals surface area contributed by atoms with Gasteiger partial charge in [0.1, 0.15) is 0 Å². The molecule has 16 heteroatoms. The third-order valence-corrected chi connectivity index (χ3v) is 51.6. The summed E-state index contributed by atoms with van der Waals surface area (Å²) >= 11 is 0. The Labute approximate surface area is 769 Å².